The van der Waals surface area contributed by atoms with Gasteiger partial charge in [-0.2, -0.15) is 0 Å². The van der Waals surface area contributed by atoms with Gasteiger partial charge in [-0.25, -0.2) is 4.39 Å². The molecule has 94 valence electrons. The summed E-state index contributed by atoms with van der Waals surface area (Å²) in [5.41, 5.74) is 6.96. The maximum absolute atomic E-state index is 13.4. The Kier molecular flexibility index (Phi) is 3.27. The van der Waals surface area contributed by atoms with E-state index in [1.807, 2.05) is 6.07 Å². The topological polar surface area (TPSA) is 38.0 Å². The molecule has 2 rings (SSSR count). The Morgan fingerprint density at radius 1 is 1.35 bits per heavy atom. The average Bonchev–Trinajstić information content (AvgIpc) is 2.27. The number of para-hydroxylation sites is 1. The van der Waals surface area contributed by atoms with Crippen molar-refractivity contribution < 1.29 is 4.39 Å². The Labute approximate surface area is 102 Å². The Bertz CT molecular complexity index is 401. The van der Waals surface area contributed by atoms with Gasteiger partial charge in [0.15, 0.2) is 0 Å². The van der Waals surface area contributed by atoms with Crippen molar-refractivity contribution >= 4 is 11.4 Å². The first-order valence-electron chi connectivity index (χ1n) is 6.31. The van der Waals surface area contributed by atoms with E-state index in [4.69, 9.17) is 5.73 Å². The Morgan fingerprint density at radius 3 is 2.82 bits per heavy atom. The maximum atomic E-state index is 13.4. The molecule has 0 amide bonds. The van der Waals surface area contributed by atoms with Crippen LogP contribution in [0.25, 0.3) is 0 Å². The minimum absolute atomic E-state index is 0.230. The lowest BCUT2D eigenvalue weighted by atomic mass is 9.73. The Morgan fingerprint density at radius 2 is 2.12 bits per heavy atom. The predicted molar refractivity (Wildman–Crippen MR) is 70.5 cm³/mol. The number of benzene rings is 1. The van der Waals surface area contributed by atoms with E-state index in [0.29, 0.717) is 6.04 Å². The second-order valence-corrected chi connectivity index (χ2v) is 5.63. The molecule has 1 fully saturated rings. The summed E-state index contributed by atoms with van der Waals surface area (Å²) in [4.78, 5) is 0. The van der Waals surface area contributed by atoms with Crippen LogP contribution in [0.4, 0.5) is 15.8 Å². The Hall–Kier alpha value is -1.25. The summed E-state index contributed by atoms with van der Waals surface area (Å²) in [5, 5.41) is 3.42. The number of rotatable bonds is 2. The molecule has 0 saturated heterocycles. The standard InChI is InChI=1S/C14H21FN2/c1-14(2)9-4-3-8-12(14)17-11-7-5-6-10(15)13(11)16/h5-7,12,17H,3-4,8-9,16H2,1-2H3. The fraction of sp³-hybridized carbons (Fsp3) is 0.571. The van der Waals surface area contributed by atoms with E-state index in [0.717, 1.165) is 12.1 Å². The van der Waals surface area contributed by atoms with Crippen molar-refractivity contribution in [1.29, 1.82) is 0 Å². The fourth-order valence-corrected chi connectivity index (χ4v) is 2.61. The molecule has 0 bridgehead atoms. The van der Waals surface area contributed by atoms with Crippen molar-refractivity contribution in [2.45, 2.75) is 45.6 Å². The molecule has 1 aliphatic carbocycles. The van der Waals surface area contributed by atoms with Crippen molar-refractivity contribution in [2.75, 3.05) is 11.1 Å². The van der Waals surface area contributed by atoms with Crippen LogP contribution in [0.1, 0.15) is 39.5 Å². The van der Waals surface area contributed by atoms with E-state index >= 15 is 0 Å². The van der Waals surface area contributed by atoms with Crippen LogP contribution in [0.3, 0.4) is 0 Å². The predicted octanol–water partition coefficient (Wildman–Crippen LogP) is 3.79. The van der Waals surface area contributed by atoms with Gasteiger partial charge in [-0.05, 0) is 30.4 Å². The van der Waals surface area contributed by atoms with Gasteiger partial charge >= 0.3 is 0 Å². The van der Waals surface area contributed by atoms with Crippen LogP contribution in [0.2, 0.25) is 0 Å². The third-order valence-electron chi connectivity index (χ3n) is 3.89. The van der Waals surface area contributed by atoms with Gasteiger partial charge in [0, 0.05) is 6.04 Å². The Balaban J connectivity index is 2.17. The molecule has 1 saturated carbocycles. The third-order valence-corrected chi connectivity index (χ3v) is 3.89. The largest absolute Gasteiger partial charge is 0.395 e. The summed E-state index contributed by atoms with van der Waals surface area (Å²) >= 11 is 0. The summed E-state index contributed by atoms with van der Waals surface area (Å²) < 4.78 is 13.4. The van der Waals surface area contributed by atoms with Crippen LogP contribution in [0.5, 0.6) is 0 Å². The quantitative estimate of drug-likeness (QED) is 0.767. The van der Waals surface area contributed by atoms with Crippen molar-refractivity contribution in [3.63, 3.8) is 0 Å². The average molecular weight is 236 g/mol. The zero-order valence-corrected chi connectivity index (χ0v) is 10.6. The molecule has 1 aliphatic rings. The zero-order valence-electron chi connectivity index (χ0n) is 10.6. The minimum atomic E-state index is -0.344. The van der Waals surface area contributed by atoms with E-state index in [-0.39, 0.29) is 16.9 Å². The lowest BCUT2D eigenvalue weighted by Gasteiger charge is -2.39. The molecular weight excluding hydrogens is 215 g/mol. The molecule has 0 aromatic heterocycles. The number of halogens is 1. The molecule has 0 aliphatic heterocycles. The van der Waals surface area contributed by atoms with E-state index in [1.54, 1.807) is 6.07 Å². The first-order chi connectivity index (χ1) is 8.00. The SMILES string of the molecule is CC1(C)CCCCC1Nc1cccc(F)c1N. The molecule has 3 N–H and O–H groups in total. The summed E-state index contributed by atoms with van der Waals surface area (Å²) in [7, 11) is 0. The second kappa shape index (κ2) is 4.55. The van der Waals surface area contributed by atoms with E-state index in [9.17, 15) is 4.39 Å². The van der Waals surface area contributed by atoms with Gasteiger partial charge in [-0.1, -0.05) is 32.8 Å². The zero-order chi connectivity index (χ0) is 12.5. The first-order valence-corrected chi connectivity index (χ1v) is 6.31. The monoisotopic (exact) mass is 236 g/mol. The van der Waals surface area contributed by atoms with Crippen molar-refractivity contribution in [1.82, 2.24) is 0 Å². The summed E-state index contributed by atoms with van der Waals surface area (Å²) in [6, 6.07) is 5.32. The molecule has 0 radical (unpaired) electrons. The van der Waals surface area contributed by atoms with Crippen LogP contribution in [0.15, 0.2) is 18.2 Å². The molecule has 0 spiro atoms. The lowest BCUT2D eigenvalue weighted by Crippen LogP contribution is -2.39. The van der Waals surface area contributed by atoms with Gasteiger partial charge in [-0.3, -0.25) is 0 Å². The van der Waals surface area contributed by atoms with E-state index < -0.39 is 0 Å². The molecule has 2 nitrogen and oxygen atoms in total. The molecular formula is C14H21FN2. The fourth-order valence-electron chi connectivity index (χ4n) is 2.61. The molecule has 1 atom stereocenters. The molecule has 3 heteroatoms. The van der Waals surface area contributed by atoms with Gasteiger partial charge in [0.2, 0.25) is 0 Å². The molecule has 1 aromatic rings. The van der Waals surface area contributed by atoms with Crippen LogP contribution < -0.4 is 11.1 Å². The number of anilines is 2. The highest BCUT2D eigenvalue weighted by molar-refractivity contribution is 5.67. The highest BCUT2D eigenvalue weighted by Crippen LogP contribution is 2.38. The molecule has 1 unspecified atom stereocenters. The smallest absolute Gasteiger partial charge is 0.148 e. The van der Waals surface area contributed by atoms with Gasteiger partial charge in [0.05, 0.1) is 11.4 Å². The number of nitrogens with two attached hydrogens (primary N) is 1. The van der Waals surface area contributed by atoms with Crippen LogP contribution >= 0.6 is 0 Å². The summed E-state index contributed by atoms with van der Waals surface area (Å²) in [5.74, 6) is -0.344. The van der Waals surface area contributed by atoms with Gasteiger partial charge in [0.1, 0.15) is 5.82 Å². The maximum Gasteiger partial charge on any atom is 0.148 e. The third kappa shape index (κ3) is 2.54. The molecule has 0 heterocycles. The summed E-state index contributed by atoms with van der Waals surface area (Å²) in [6.07, 6.45) is 4.85. The molecule has 17 heavy (non-hydrogen) atoms. The first kappa shape index (κ1) is 12.2. The minimum Gasteiger partial charge on any atom is -0.395 e. The van der Waals surface area contributed by atoms with Crippen molar-refractivity contribution in [3.05, 3.63) is 24.0 Å². The van der Waals surface area contributed by atoms with Crippen LogP contribution in [-0.2, 0) is 0 Å². The number of nitrogens with one attached hydrogen (secondary N) is 1. The van der Waals surface area contributed by atoms with Crippen LogP contribution in [0, 0.1) is 11.2 Å². The number of hydrogen-bond acceptors (Lipinski definition) is 2. The van der Waals surface area contributed by atoms with E-state index in [2.05, 4.69) is 19.2 Å². The molecule has 1 aromatic carbocycles. The highest BCUT2D eigenvalue weighted by atomic mass is 19.1. The number of nitrogen functional groups attached to an aromatic ring is 1. The van der Waals surface area contributed by atoms with Gasteiger partial charge < -0.3 is 11.1 Å². The van der Waals surface area contributed by atoms with Gasteiger partial charge in [0.25, 0.3) is 0 Å². The second-order valence-electron chi connectivity index (χ2n) is 5.63. The van der Waals surface area contributed by atoms with Crippen molar-refractivity contribution in [2.24, 2.45) is 5.41 Å². The number of hydrogen-bond donors (Lipinski definition) is 2. The lowest BCUT2D eigenvalue weighted by molar-refractivity contribution is 0.217. The highest BCUT2D eigenvalue weighted by Gasteiger charge is 2.32. The van der Waals surface area contributed by atoms with Crippen molar-refractivity contribution in [3.8, 4) is 0 Å². The van der Waals surface area contributed by atoms with Crippen LogP contribution in [-0.4, -0.2) is 6.04 Å². The van der Waals surface area contributed by atoms with Gasteiger partial charge in [-0.15, -0.1) is 0 Å². The van der Waals surface area contributed by atoms with E-state index in [1.165, 1.54) is 25.3 Å². The summed E-state index contributed by atoms with van der Waals surface area (Å²) in [6.45, 7) is 4.53. The normalized spacial score (nSPS) is 23.4.